The van der Waals surface area contributed by atoms with E-state index in [4.69, 9.17) is 4.98 Å². The number of nitrogens with zero attached hydrogens (tertiary/aromatic N) is 1. The van der Waals surface area contributed by atoms with Crippen LogP contribution < -0.4 is 0 Å². The first-order valence-electron chi connectivity index (χ1n) is 7.36. The maximum Gasteiger partial charge on any atom is 0.0992 e. The van der Waals surface area contributed by atoms with E-state index in [1.54, 1.807) is 0 Å². The molecule has 0 aliphatic heterocycles. The summed E-state index contributed by atoms with van der Waals surface area (Å²) in [6, 6.07) is 0. The Morgan fingerprint density at radius 3 is 1.75 bits per heavy atom. The van der Waals surface area contributed by atoms with Gasteiger partial charge in [0.15, 0.2) is 0 Å². The number of thiazole rings is 1. The third-order valence-corrected chi connectivity index (χ3v) is 5.63. The first kappa shape index (κ1) is 15.5. The molecule has 110 valence electrons. The Balaban J connectivity index is 2.89. The number of aromatic nitrogens is 1. The summed E-state index contributed by atoms with van der Waals surface area (Å²) in [5.74, 6) is 0. The normalized spacial score (nSPS) is 13.2. The van der Waals surface area contributed by atoms with Crippen LogP contribution in [-0.2, 0) is 10.8 Å². The Hall–Kier alpha value is -0.890. The maximum atomic E-state index is 4.95. The molecule has 0 amide bonds. The number of rotatable bonds is 0. The van der Waals surface area contributed by atoms with Gasteiger partial charge in [-0.05, 0) is 48.4 Å². The minimum absolute atomic E-state index is 0.123. The Labute approximate surface area is 127 Å². The predicted octanol–water partition coefficient (Wildman–Crippen LogP) is 5.82. The molecule has 0 radical (unpaired) electrons. The molecule has 0 saturated heterocycles. The van der Waals surface area contributed by atoms with E-state index >= 15 is 0 Å². The van der Waals surface area contributed by atoms with Crippen molar-refractivity contribution in [3.63, 3.8) is 0 Å². The summed E-state index contributed by atoms with van der Waals surface area (Å²) >= 11 is 1.87. The second kappa shape index (κ2) is 4.56. The van der Waals surface area contributed by atoms with Crippen LogP contribution in [0.15, 0.2) is 0 Å². The van der Waals surface area contributed by atoms with Gasteiger partial charge in [0.1, 0.15) is 0 Å². The molecule has 1 heterocycles. The molecule has 2 heteroatoms. The minimum Gasteiger partial charge on any atom is -0.240 e. The SMILES string of the molecule is Cc1c(C(C)(C)C)c(C)c2sc(C(C)(C)C)nc2c1C. The van der Waals surface area contributed by atoms with Crippen LogP contribution in [0.2, 0.25) is 0 Å². The van der Waals surface area contributed by atoms with Gasteiger partial charge in [0, 0.05) is 5.41 Å². The van der Waals surface area contributed by atoms with Crippen molar-refractivity contribution in [2.75, 3.05) is 0 Å². The number of aryl methyl sites for hydroxylation is 2. The highest BCUT2D eigenvalue weighted by molar-refractivity contribution is 7.19. The highest BCUT2D eigenvalue weighted by Gasteiger charge is 2.26. The standard InChI is InChI=1S/C18H27NS/c1-10-11(2)14-15(12(3)13(10)17(4,5)6)20-16(19-14)18(7,8)9/h1-9H3. The number of benzene rings is 1. The van der Waals surface area contributed by atoms with Crippen LogP contribution in [0, 0.1) is 20.8 Å². The summed E-state index contributed by atoms with van der Waals surface area (Å²) < 4.78 is 1.38. The smallest absolute Gasteiger partial charge is 0.0992 e. The van der Waals surface area contributed by atoms with Crippen molar-refractivity contribution in [3.05, 3.63) is 27.3 Å². The first-order valence-corrected chi connectivity index (χ1v) is 8.17. The minimum atomic E-state index is 0.123. The zero-order valence-corrected chi connectivity index (χ0v) is 15.2. The molecular formula is C18H27NS. The fourth-order valence-electron chi connectivity index (χ4n) is 3.03. The van der Waals surface area contributed by atoms with Gasteiger partial charge in [0.05, 0.1) is 15.2 Å². The van der Waals surface area contributed by atoms with Crippen molar-refractivity contribution in [1.29, 1.82) is 0 Å². The van der Waals surface area contributed by atoms with Gasteiger partial charge in [-0.15, -0.1) is 11.3 Å². The molecule has 0 unspecified atom stereocenters. The average Bonchev–Trinajstić information content (AvgIpc) is 2.69. The third-order valence-electron chi connectivity index (χ3n) is 4.03. The van der Waals surface area contributed by atoms with E-state index in [1.165, 1.54) is 37.5 Å². The zero-order chi connectivity index (χ0) is 15.5. The van der Waals surface area contributed by atoms with Crippen LogP contribution in [0.4, 0.5) is 0 Å². The number of hydrogen-bond donors (Lipinski definition) is 0. The predicted molar refractivity (Wildman–Crippen MR) is 91.2 cm³/mol. The second-order valence-corrected chi connectivity index (χ2v) is 8.95. The van der Waals surface area contributed by atoms with Crippen LogP contribution in [0.3, 0.4) is 0 Å². The van der Waals surface area contributed by atoms with Gasteiger partial charge >= 0.3 is 0 Å². The first-order chi connectivity index (χ1) is 8.94. The third kappa shape index (κ3) is 2.39. The van der Waals surface area contributed by atoms with E-state index in [9.17, 15) is 0 Å². The van der Waals surface area contributed by atoms with Crippen LogP contribution in [0.1, 0.15) is 68.8 Å². The van der Waals surface area contributed by atoms with Crippen molar-refractivity contribution in [2.24, 2.45) is 0 Å². The van der Waals surface area contributed by atoms with Crippen LogP contribution in [-0.4, -0.2) is 4.98 Å². The Morgan fingerprint density at radius 1 is 0.750 bits per heavy atom. The van der Waals surface area contributed by atoms with Gasteiger partial charge < -0.3 is 0 Å². The lowest BCUT2D eigenvalue weighted by Crippen LogP contribution is -2.16. The van der Waals surface area contributed by atoms with Crippen molar-refractivity contribution >= 4 is 21.6 Å². The van der Waals surface area contributed by atoms with Gasteiger partial charge in [-0.1, -0.05) is 41.5 Å². The fraction of sp³-hybridized carbons (Fsp3) is 0.611. The van der Waals surface area contributed by atoms with Crippen LogP contribution in [0.25, 0.3) is 10.2 Å². The molecule has 0 bridgehead atoms. The molecule has 20 heavy (non-hydrogen) atoms. The maximum absolute atomic E-state index is 4.95. The molecule has 0 atom stereocenters. The zero-order valence-electron chi connectivity index (χ0n) is 14.4. The van der Waals surface area contributed by atoms with Gasteiger partial charge in [-0.3, -0.25) is 0 Å². The molecule has 1 aromatic carbocycles. The molecule has 0 aliphatic carbocycles. The summed E-state index contributed by atoms with van der Waals surface area (Å²) in [6.07, 6.45) is 0. The molecule has 0 saturated carbocycles. The molecule has 2 aromatic rings. The van der Waals surface area contributed by atoms with Gasteiger partial charge in [0.2, 0.25) is 0 Å². The van der Waals surface area contributed by atoms with Crippen LogP contribution >= 0.6 is 11.3 Å². The van der Waals surface area contributed by atoms with E-state index in [1.807, 2.05) is 11.3 Å². The van der Waals surface area contributed by atoms with Crippen molar-refractivity contribution in [3.8, 4) is 0 Å². The largest absolute Gasteiger partial charge is 0.240 e. The van der Waals surface area contributed by atoms with Gasteiger partial charge in [-0.25, -0.2) is 4.98 Å². The number of hydrogen-bond acceptors (Lipinski definition) is 2. The summed E-state index contributed by atoms with van der Waals surface area (Å²) in [5.41, 5.74) is 7.19. The molecule has 0 aliphatic rings. The summed E-state index contributed by atoms with van der Waals surface area (Å²) in [6.45, 7) is 20.4. The fourth-order valence-corrected chi connectivity index (χ4v) is 4.22. The molecule has 2 rings (SSSR count). The van der Waals surface area contributed by atoms with Crippen molar-refractivity contribution in [2.45, 2.75) is 73.1 Å². The van der Waals surface area contributed by atoms with Crippen molar-refractivity contribution < 1.29 is 0 Å². The van der Waals surface area contributed by atoms with Gasteiger partial charge in [-0.2, -0.15) is 0 Å². The lowest BCUT2D eigenvalue weighted by molar-refractivity contribution is 0.582. The van der Waals surface area contributed by atoms with Gasteiger partial charge in [0.25, 0.3) is 0 Å². The molecule has 1 aromatic heterocycles. The van der Waals surface area contributed by atoms with E-state index in [0.717, 1.165) is 0 Å². The highest BCUT2D eigenvalue weighted by Crippen LogP contribution is 2.40. The molecule has 0 N–H and O–H groups in total. The second-order valence-electron chi connectivity index (χ2n) is 7.95. The van der Waals surface area contributed by atoms with Crippen molar-refractivity contribution in [1.82, 2.24) is 4.98 Å². The Bertz CT molecular complexity index is 663. The molecule has 0 spiro atoms. The molecule has 1 nitrogen and oxygen atoms in total. The lowest BCUT2D eigenvalue weighted by Gasteiger charge is -2.26. The summed E-state index contributed by atoms with van der Waals surface area (Å²) in [5, 5.41) is 1.24. The van der Waals surface area contributed by atoms with Crippen LogP contribution in [0.5, 0.6) is 0 Å². The van der Waals surface area contributed by atoms with E-state index in [0.29, 0.717) is 0 Å². The Kier molecular flexibility index (Phi) is 3.53. The Morgan fingerprint density at radius 2 is 1.30 bits per heavy atom. The summed E-state index contributed by atoms with van der Waals surface area (Å²) in [7, 11) is 0. The lowest BCUT2D eigenvalue weighted by atomic mass is 9.79. The topological polar surface area (TPSA) is 12.9 Å². The van der Waals surface area contributed by atoms with E-state index < -0.39 is 0 Å². The highest BCUT2D eigenvalue weighted by atomic mass is 32.1. The number of fused-ring (bicyclic) bond motifs is 1. The molecular weight excluding hydrogens is 262 g/mol. The summed E-state index contributed by atoms with van der Waals surface area (Å²) in [4.78, 5) is 4.95. The monoisotopic (exact) mass is 289 g/mol. The molecule has 0 fully saturated rings. The van der Waals surface area contributed by atoms with E-state index in [-0.39, 0.29) is 10.8 Å². The quantitative estimate of drug-likeness (QED) is 0.596. The average molecular weight is 289 g/mol. The van der Waals surface area contributed by atoms with E-state index in [2.05, 4.69) is 62.3 Å².